The van der Waals surface area contributed by atoms with Crippen molar-refractivity contribution in [3.8, 4) is 11.4 Å². The zero-order valence-electron chi connectivity index (χ0n) is 25.7. The number of aromatic nitrogens is 4. The highest BCUT2D eigenvalue weighted by molar-refractivity contribution is 5.92. The van der Waals surface area contributed by atoms with Crippen LogP contribution in [-0.2, 0) is 17.9 Å². The first-order valence-electron chi connectivity index (χ1n) is 16.0. The zero-order valence-corrected chi connectivity index (χ0v) is 25.7. The van der Waals surface area contributed by atoms with Gasteiger partial charge in [-0.05, 0) is 86.1 Å². The monoisotopic (exact) mass is 621 g/mol. The Kier molecular flexibility index (Phi) is 8.45. The summed E-state index contributed by atoms with van der Waals surface area (Å²) in [5, 5.41) is 1.11. The van der Waals surface area contributed by atoms with E-state index < -0.39 is 11.6 Å². The number of likely N-dealkylation sites (tertiary alicyclic amines) is 2. The molecule has 2 saturated heterocycles. The summed E-state index contributed by atoms with van der Waals surface area (Å²) in [6, 6.07) is 17.7. The van der Waals surface area contributed by atoms with Gasteiger partial charge in [-0.1, -0.05) is 24.3 Å². The van der Waals surface area contributed by atoms with E-state index in [2.05, 4.69) is 36.5 Å². The summed E-state index contributed by atoms with van der Waals surface area (Å²) in [7, 11) is 0. The normalized spacial score (nSPS) is 16.7. The number of halogens is 2. The molecule has 3 aromatic heterocycles. The maximum Gasteiger partial charge on any atom is 0.225 e. The van der Waals surface area contributed by atoms with Gasteiger partial charge in [-0.15, -0.1) is 0 Å². The Morgan fingerprint density at radius 1 is 0.804 bits per heavy atom. The van der Waals surface area contributed by atoms with Crippen molar-refractivity contribution in [1.29, 1.82) is 0 Å². The number of carbonyl (C=O) groups is 1. The van der Waals surface area contributed by atoms with E-state index >= 15 is 0 Å². The minimum atomic E-state index is -0.592. The molecule has 0 bridgehead atoms. The van der Waals surface area contributed by atoms with Gasteiger partial charge in [-0.3, -0.25) is 14.7 Å². The fourth-order valence-electron chi connectivity index (χ4n) is 7.26. The number of amides is 1. The summed E-state index contributed by atoms with van der Waals surface area (Å²) in [4.78, 5) is 31.0. The van der Waals surface area contributed by atoms with E-state index in [4.69, 9.17) is 10.7 Å². The number of nitrogen functional groups attached to an aromatic ring is 1. The summed E-state index contributed by atoms with van der Waals surface area (Å²) in [6.07, 6.45) is 8.66. The third-order valence-corrected chi connectivity index (χ3v) is 9.46. The van der Waals surface area contributed by atoms with E-state index in [1.165, 1.54) is 17.7 Å². The van der Waals surface area contributed by atoms with Crippen molar-refractivity contribution in [2.24, 2.45) is 5.92 Å². The molecule has 236 valence electrons. The molecule has 0 radical (unpaired) electrons. The molecule has 7 rings (SSSR count). The maximum atomic E-state index is 14.2. The highest BCUT2D eigenvalue weighted by atomic mass is 19.1. The average molecular weight is 622 g/mol. The van der Waals surface area contributed by atoms with Crippen molar-refractivity contribution in [2.45, 2.75) is 44.7 Å². The highest BCUT2D eigenvalue weighted by Gasteiger charge is 2.33. The van der Waals surface area contributed by atoms with Crippen LogP contribution >= 0.6 is 0 Å². The summed E-state index contributed by atoms with van der Waals surface area (Å²) in [6.45, 7) is 4.18. The first-order valence-corrected chi connectivity index (χ1v) is 16.0. The van der Waals surface area contributed by atoms with Crippen LogP contribution in [0.1, 0.15) is 48.3 Å². The summed E-state index contributed by atoms with van der Waals surface area (Å²) < 4.78 is 30.6. The lowest BCUT2D eigenvalue weighted by Crippen LogP contribution is -2.45. The molecular weight excluding hydrogens is 584 g/mol. The van der Waals surface area contributed by atoms with Gasteiger partial charge in [-0.25, -0.2) is 18.7 Å². The topological polar surface area (TPSA) is 93.2 Å². The lowest BCUT2D eigenvalue weighted by Gasteiger charge is -2.37. The number of benzene rings is 2. The lowest BCUT2D eigenvalue weighted by molar-refractivity contribution is -0.138. The Bertz CT molecular complexity index is 1810. The van der Waals surface area contributed by atoms with Crippen molar-refractivity contribution >= 4 is 22.8 Å². The molecule has 0 saturated carbocycles. The number of para-hydroxylation sites is 1. The lowest BCUT2D eigenvalue weighted by atomic mass is 9.85. The van der Waals surface area contributed by atoms with Crippen LogP contribution in [0.4, 0.5) is 14.7 Å². The third-order valence-electron chi connectivity index (χ3n) is 9.46. The van der Waals surface area contributed by atoms with Crippen molar-refractivity contribution in [3.05, 3.63) is 108 Å². The third kappa shape index (κ3) is 6.22. The molecule has 0 spiro atoms. The second-order valence-corrected chi connectivity index (χ2v) is 12.5. The molecule has 10 heteroatoms. The molecule has 2 N–H and O–H groups in total. The molecule has 5 heterocycles. The first-order chi connectivity index (χ1) is 22.4. The molecule has 2 aromatic carbocycles. The smallest absolute Gasteiger partial charge is 0.225 e. The van der Waals surface area contributed by atoms with Crippen LogP contribution in [0.5, 0.6) is 0 Å². The molecule has 2 fully saturated rings. The van der Waals surface area contributed by atoms with Crippen LogP contribution < -0.4 is 5.73 Å². The fourth-order valence-corrected chi connectivity index (χ4v) is 7.26. The highest BCUT2D eigenvalue weighted by Crippen LogP contribution is 2.42. The van der Waals surface area contributed by atoms with Crippen LogP contribution in [0, 0.1) is 17.6 Å². The molecule has 0 atom stereocenters. The van der Waals surface area contributed by atoms with Gasteiger partial charge >= 0.3 is 0 Å². The van der Waals surface area contributed by atoms with Crippen LogP contribution in [0.2, 0.25) is 0 Å². The fraction of sp³-hybridized carbons (Fsp3) is 0.333. The second kappa shape index (κ2) is 13.0. The Balaban J connectivity index is 1.09. The summed E-state index contributed by atoms with van der Waals surface area (Å²) >= 11 is 0. The van der Waals surface area contributed by atoms with Crippen LogP contribution in [0.25, 0.3) is 22.3 Å². The number of nitrogens with two attached hydrogens (primary N) is 1. The number of piperidine rings is 2. The second-order valence-electron chi connectivity index (χ2n) is 12.5. The van der Waals surface area contributed by atoms with Crippen molar-refractivity contribution < 1.29 is 13.6 Å². The number of anilines is 1. The van der Waals surface area contributed by atoms with Gasteiger partial charge in [0.25, 0.3) is 0 Å². The SMILES string of the molecule is Nc1ncc(CN2CCC(C(=O)N3CCC(c4c(-c5ccccn5)n(Cc5cc(F)cc(F)c5)c5ccccc45)CC3)CC2)cn1. The minimum absolute atomic E-state index is 0.0353. The molecular formula is C36H37F2N7O. The van der Waals surface area contributed by atoms with Gasteiger partial charge in [0.2, 0.25) is 11.9 Å². The predicted octanol–water partition coefficient (Wildman–Crippen LogP) is 6.02. The molecule has 8 nitrogen and oxygen atoms in total. The van der Waals surface area contributed by atoms with Gasteiger partial charge in [0.05, 0.1) is 11.4 Å². The molecule has 0 aliphatic carbocycles. The largest absolute Gasteiger partial charge is 0.368 e. The molecule has 46 heavy (non-hydrogen) atoms. The number of pyridine rings is 1. The Morgan fingerprint density at radius 3 is 2.20 bits per heavy atom. The number of hydrogen-bond donors (Lipinski definition) is 1. The van der Waals surface area contributed by atoms with Crippen molar-refractivity contribution in [2.75, 3.05) is 31.9 Å². The Labute approximate surface area is 266 Å². The van der Waals surface area contributed by atoms with E-state index in [1.807, 2.05) is 30.3 Å². The molecule has 2 aliphatic rings. The van der Waals surface area contributed by atoms with E-state index in [9.17, 15) is 13.6 Å². The van der Waals surface area contributed by atoms with Crippen LogP contribution in [0.3, 0.4) is 0 Å². The number of rotatable bonds is 7. The first kappa shape index (κ1) is 30.0. The predicted molar refractivity (Wildman–Crippen MR) is 174 cm³/mol. The summed E-state index contributed by atoms with van der Waals surface area (Å²) in [5.41, 5.74) is 11.2. The van der Waals surface area contributed by atoms with E-state index in [0.717, 1.165) is 79.2 Å². The molecule has 0 unspecified atom stereocenters. The number of fused-ring (bicyclic) bond motifs is 1. The maximum absolute atomic E-state index is 14.2. The van der Waals surface area contributed by atoms with E-state index in [1.54, 1.807) is 18.6 Å². The molecule has 5 aromatic rings. The van der Waals surface area contributed by atoms with Gasteiger partial charge in [-0.2, -0.15) is 0 Å². The number of hydrogen-bond acceptors (Lipinski definition) is 6. The molecule has 2 aliphatic heterocycles. The molecule has 1 amide bonds. The van der Waals surface area contributed by atoms with E-state index in [-0.39, 0.29) is 23.7 Å². The zero-order chi connectivity index (χ0) is 31.6. The van der Waals surface area contributed by atoms with Crippen LogP contribution in [-0.4, -0.2) is 61.4 Å². The number of nitrogens with zero attached hydrogens (tertiary/aromatic N) is 6. The van der Waals surface area contributed by atoms with E-state index in [0.29, 0.717) is 25.2 Å². The minimum Gasteiger partial charge on any atom is -0.368 e. The van der Waals surface area contributed by atoms with Crippen molar-refractivity contribution in [1.82, 2.24) is 29.3 Å². The van der Waals surface area contributed by atoms with Gasteiger partial charge in [0, 0.05) is 73.2 Å². The van der Waals surface area contributed by atoms with Crippen LogP contribution in [0.15, 0.2) is 79.3 Å². The van der Waals surface area contributed by atoms with Gasteiger partial charge < -0.3 is 15.2 Å². The standard InChI is InChI=1S/C36H37F2N7O/c37-28-17-24(18-29(38)19-28)23-45-32-7-2-1-5-30(32)33(34(45)31-6-3-4-12-40-31)26-10-15-44(16-11-26)35(46)27-8-13-43(14-9-27)22-25-20-41-36(39)42-21-25/h1-7,12,17-21,26-27H,8-11,13-16,22-23H2,(H2,39,41,42). The summed E-state index contributed by atoms with van der Waals surface area (Å²) in [5.74, 6) is -0.408. The van der Waals surface area contributed by atoms with Crippen molar-refractivity contribution in [3.63, 3.8) is 0 Å². The average Bonchev–Trinajstić information content (AvgIpc) is 3.39. The Hall–Kier alpha value is -4.70. The van der Waals surface area contributed by atoms with Gasteiger partial charge in [0.1, 0.15) is 11.6 Å². The quantitative estimate of drug-likeness (QED) is 0.239. The Morgan fingerprint density at radius 2 is 1.50 bits per heavy atom. The number of carbonyl (C=O) groups excluding carboxylic acids is 1. The van der Waals surface area contributed by atoms with Gasteiger partial charge in [0.15, 0.2) is 0 Å².